The first kappa shape index (κ1) is 17.4. The first-order valence-corrected chi connectivity index (χ1v) is 7.91. The predicted molar refractivity (Wildman–Crippen MR) is 90.4 cm³/mol. The topological polar surface area (TPSA) is 67.9 Å². The van der Waals surface area contributed by atoms with Crippen molar-refractivity contribution in [3.8, 4) is 5.75 Å². The SMILES string of the molecule is CN1C(=C=O)C(NC(=O)OC(C)(C)C)COc2ccc(Br)cc21. The van der Waals surface area contributed by atoms with Crippen LogP contribution in [0.25, 0.3) is 0 Å². The van der Waals surface area contributed by atoms with Gasteiger partial charge >= 0.3 is 6.09 Å². The van der Waals surface area contributed by atoms with Gasteiger partial charge in [0, 0.05) is 11.5 Å². The van der Waals surface area contributed by atoms with Crippen LogP contribution >= 0.6 is 15.9 Å². The predicted octanol–water partition coefficient (Wildman–Crippen LogP) is 2.89. The zero-order valence-electron chi connectivity index (χ0n) is 13.5. The molecule has 1 aliphatic rings. The maximum absolute atomic E-state index is 12.0. The summed E-state index contributed by atoms with van der Waals surface area (Å²) in [5.41, 5.74) is 0.361. The third kappa shape index (κ3) is 4.27. The van der Waals surface area contributed by atoms with Crippen molar-refractivity contribution in [2.24, 2.45) is 0 Å². The first-order chi connectivity index (χ1) is 10.7. The van der Waals surface area contributed by atoms with Crippen LogP contribution in [0.2, 0.25) is 0 Å². The highest BCUT2D eigenvalue weighted by Gasteiger charge is 2.30. The van der Waals surface area contributed by atoms with Gasteiger partial charge in [-0.25, -0.2) is 9.59 Å². The Morgan fingerprint density at radius 3 is 2.78 bits per heavy atom. The molecule has 0 aromatic heterocycles. The molecule has 1 N–H and O–H groups in total. The molecule has 1 atom stereocenters. The fraction of sp³-hybridized carbons (Fsp3) is 0.438. The minimum Gasteiger partial charge on any atom is -0.489 e. The summed E-state index contributed by atoms with van der Waals surface area (Å²) in [4.78, 5) is 25.1. The third-order valence-electron chi connectivity index (χ3n) is 3.17. The van der Waals surface area contributed by atoms with Gasteiger partial charge in [0.25, 0.3) is 0 Å². The molecule has 0 saturated heterocycles. The second-order valence-electron chi connectivity index (χ2n) is 6.17. The largest absolute Gasteiger partial charge is 0.489 e. The van der Waals surface area contributed by atoms with E-state index < -0.39 is 17.7 Å². The molecule has 0 radical (unpaired) electrons. The Labute approximate surface area is 143 Å². The lowest BCUT2D eigenvalue weighted by molar-refractivity contribution is 0.0500. The summed E-state index contributed by atoms with van der Waals surface area (Å²) < 4.78 is 11.8. The summed E-state index contributed by atoms with van der Waals surface area (Å²) in [6.45, 7) is 5.42. The molecule has 7 heteroatoms. The fourth-order valence-corrected chi connectivity index (χ4v) is 2.54. The van der Waals surface area contributed by atoms with Crippen molar-refractivity contribution >= 4 is 33.7 Å². The van der Waals surface area contributed by atoms with Crippen molar-refractivity contribution in [2.75, 3.05) is 18.6 Å². The Hall–Kier alpha value is -1.98. The van der Waals surface area contributed by atoms with Crippen LogP contribution in [0.1, 0.15) is 20.8 Å². The minimum absolute atomic E-state index is 0.114. The number of nitrogens with one attached hydrogen (secondary N) is 1. The molecule has 1 aliphatic heterocycles. The third-order valence-corrected chi connectivity index (χ3v) is 3.67. The number of nitrogens with zero attached hydrogens (tertiary/aromatic N) is 1. The van der Waals surface area contributed by atoms with Crippen molar-refractivity contribution < 1.29 is 19.1 Å². The van der Waals surface area contributed by atoms with Crippen LogP contribution in [0.4, 0.5) is 10.5 Å². The zero-order valence-corrected chi connectivity index (χ0v) is 15.1. The van der Waals surface area contributed by atoms with E-state index in [9.17, 15) is 9.59 Å². The number of amides is 1. The maximum Gasteiger partial charge on any atom is 0.408 e. The van der Waals surface area contributed by atoms with Crippen LogP contribution < -0.4 is 15.0 Å². The van der Waals surface area contributed by atoms with Gasteiger partial charge in [-0.3, -0.25) is 0 Å². The molecule has 0 spiro atoms. The monoisotopic (exact) mass is 382 g/mol. The summed E-state index contributed by atoms with van der Waals surface area (Å²) in [6.07, 6.45) is -0.612. The number of halogens is 1. The second-order valence-corrected chi connectivity index (χ2v) is 7.08. The van der Waals surface area contributed by atoms with Gasteiger partial charge in [0.2, 0.25) is 0 Å². The molecule has 1 aromatic rings. The molecule has 0 fully saturated rings. The molecule has 0 bridgehead atoms. The van der Waals surface area contributed by atoms with Crippen LogP contribution in [-0.4, -0.2) is 37.3 Å². The average molecular weight is 383 g/mol. The smallest absolute Gasteiger partial charge is 0.408 e. The number of anilines is 1. The Balaban J connectivity index is 2.25. The molecule has 1 unspecified atom stereocenters. The lowest BCUT2D eigenvalue weighted by atomic mass is 10.2. The molecule has 124 valence electrons. The van der Waals surface area contributed by atoms with Crippen LogP contribution in [-0.2, 0) is 9.53 Å². The van der Waals surface area contributed by atoms with Crippen molar-refractivity contribution in [2.45, 2.75) is 32.4 Å². The van der Waals surface area contributed by atoms with Gasteiger partial charge in [-0.05, 0) is 39.0 Å². The van der Waals surface area contributed by atoms with E-state index in [0.29, 0.717) is 11.4 Å². The van der Waals surface area contributed by atoms with Crippen LogP contribution in [0, 0.1) is 0 Å². The highest BCUT2D eigenvalue weighted by Crippen LogP contribution is 2.35. The number of ether oxygens (including phenoxy) is 2. The number of fused-ring (bicyclic) bond motifs is 1. The van der Waals surface area contributed by atoms with Crippen molar-refractivity contribution in [3.05, 3.63) is 28.4 Å². The molecule has 0 saturated carbocycles. The molecule has 23 heavy (non-hydrogen) atoms. The van der Waals surface area contributed by atoms with Gasteiger partial charge in [-0.15, -0.1) is 0 Å². The molecule has 1 amide bonds. The van der Waals surface area contributed by atoms with Crippen LogP contribution in [0.5, 0.6) is 5.75 Å². The van der Waals surface area contributed by atoms with Crippen molar-refractivity contribution in [1.29, 1.82) is 0 Å². The van der Waals surface area contributed by atoms with Gasteiger partial charge in [0.15, 0.2) is 0 Å². The lowest BCUT2D eigenvalue weighted by Crippen LogP contribution is -2.45. The van der Waals surface area contributed by atoms with Crippen LogP contribution in [0.15, 0.2) is 28.4 Å². The molecule has 2 rings (SSSR count). The van der Waals surface area contributed by atoms with E-state index in [2.05, 4.69) is 21.2 Å². The minimum atomic E-state index is -0.654. The first-order valence-electron chi connectivity index (χ1n) is 7.12. The van der Waals surface area contributed by atoms with E-state index >= 15 is 0 Å². The molecule has 1 aromatic carbocycles. The Kier molecular flexibility index (Phi) is 5.02. The number of likely N-dealkylation sites (N-methyl/N-ethyl adjacent to an activating group) is 1. The molecular formula is C16H19BrN2O4. The number of rotatable bonds is 1. The highest BCUT2D eigenvalue weighted by atomic mass is 79.9. The maximum atomic E-state index is 12.0. The summed E-state index contributed by atoms with van der Waals surface area (Å²) in [6, 6.07) is 4.83. The number of benzene rings is 1. The number of carbonyl (C=O) groups is 1. The molecule has 0 aliphatic carbocycles. The van der Waals surface area contributed by atoms with Gasteiger partial charge in [-0.1, -0.05) is 15.9 Å². The number of hydrogen-bond acceptors (Lipinski definition) is 5. The summed E-state index contributed by atoms with van der Waals surface area (Å²) in [7, 11) is 1.73. The van der Waals surface area contributed by atoms with Gasteiger partial charge in [-0.2, -0.15) is 0 Å². The summed E-state index contributed by atoms with van der Waals surface area (Å²) in [5, 5.41) is 2.66. The standard InChI is InChI=1S/C16H19BrN2O4/c1-16(2,3)23-15(21)18-11-9-22-14-6-5-10(17)7-12(14)19(4)13(11)8-20/h5-7,11H,9H2,1-4H3,(H,18,21). The quantitative estimate of drug-likeness (QED) is 0.756. The Morgan fingerprint density at radius 2 is 2.17 bits per heavy atom. The fourth-order valence-electron chi connectivity index (χ4n) is 2.19. The molecule has 1 heterocycles. The van der Waals surface area contributed by atoms with E-state index in [1.807, 2.05) is 18.1 Å². The summed E-state index contributed by atoms with van der Waals surface area (Å²) in [5.74, 6) is 2.52. The van der Waals surface area contributed by atoms with E-state index in [1.54, 1.807) is 38.8 Å². The van der Waals surface area contributed by atoms with Crippen molar-refractivity contribution in [1.82, 2.24) is 5.32 Å². The normalized spacial score (nSPS) is 17.5. The second kappa shape index (κ2) is 6.64. The van der Waals surface area contributed by atoms with E-state index in [4.69, 9.17) is 9.47 Å². The van der Waals surface area contributed by atoms with E-state index in [0.717, 1.165) is 4.47 Å². The van der Waals surface area contributed by atoms with Gasteiger partial charge < -0.3 is 19.7 Å². The number of carbonyl (C=O) groups excluding carboxylic acids is 2. The summed E-state index contributed by atoms with van der Waals surface area (Å²) >= 11 is 3.39. The number of alkyl carbamates (subject to hydrolysis) is 1. The lowest BCUT2D eigenvalue weighted by Gasteiger charge is -2.25. The van der Waals surface area contributed by atoms with Gasteiger partial charge in [0.1, 0.15) is 35.6 Å². The Morgan fingerprint density at radius 1 is 1.48 bits per heavy atom. The highest BCUT2D eigenvalue weighted by molar-refractivity contribution is 9.10. The van der Waals surface area contributed by atoms with E-state index in [-0.39, 0.29) is 12.3 Å². The molecular weight excluding hydrogens is 364 g/mol. The zero-order chi connectivity index (χ0) is 17.2. The van der Waals surface area contributed by atoms with Crippen molar-refractivity contribution in [3.63, 3.8) is 0 Å². The van der Waals surface area contributed by atoms with Crippen LogP contribution in [0.3, 0.4) is 0 Å². The van der Waals surface area contributed by atoms with Gasteiger partial charge in [0.05, 0.1) is 5.69 Å². The Bertz CT molecular complexity index is 663. The number of hydrogen-bond donors (Lipinski definition) is 1. The average Bonchev–Trinajstić information content (AvgIpc) is 2.55. The molecule has 6 nitrogen and oxygen atoms in total. The van der Waals surface area contributed by atoms with E-state index in [1.165, 1.54) is 0 Å².